The van der Waals surface area contributed by atoms with E-state index < -0.39 is 6.10 Å². The molecule has 0 radical (unpaired) electrons. The number of nitrogens with one attached hydrogen (secondary N) is 1. The van der Waals surface area contributed by atoms with E-state index in [4.69, 9.17) is 9.47 Å². The van der Waals surface area contributed by atoms with Crippen molar-refractivity contribution < 1.29 is 14.6 Å². The van der Waals surface area contributed by atoms with Crippen LogP contribution in [0.3, 0.4) is 0 Å². The van der Waals surface area contributed by atoms with Gasteiger partial charge in [-0.2, -0.15) is 0 Å². The molecule has 0 aliphatic carbocycles. The number of benzene rings is 1. The van der Waals surface area contributed by atoms with Gasteiger partial charge in [-0.1, -0.05) is 13.8 Å². The topological polar surface area (TPSA) is 50.7 Å². The highest BCUT2D eigenvalue weighted by atomic mass is 16.5. The summed E-state index contributed by atoms with van der Waals surface area (Å²) in [5.41, 5.74) is 0. The van der Waals surface area contributed by atoms with Crippen LogP contribution in [-0.4, -0.2) is 37.5 Å². The average molecular weight is 239 g/mol. The van der Waals surface area contributed by atoms with Gasteiger partial charge >= 0.3 is 0 Å². The molecule has 0 saturated carbocycles. The summed E-state index contributed by atoms with van der Waals surface area (Å²) in [6, 6.07) is 7.66. The second-order valence-corrected chi connectivity index (χ2v) is 4.20. The molecule has 0 fully saturated rings. The maximum atomic E-state index is 9.65. The Labute approximate surface area is 103 Å². The van der Waals surface area contributed by atoms with E-state index in [1.54, 1.807) is 7.11 Å². The van der Waals surface area contributed by atoms with Crippen LogP contribution in [0.2, 0.25) is 0 Å². The summed E-state index contributed by atoms with van der Waals surface area (Å²) >= 11 is 0. The summed E-state index contributed by atoms with van der Waals surface area (Å²) in [6.45, 7) is 4.90. The molecule has 0 aliphatic heterocycles. The van der Waals surface area contributed by atoms with Crippen LogP contribution in [0.1, 0.15) is 13.8 Å². The van der Waals surface area contributed by atoms with Crippen LogP contribution in [0.25, 0.3) is 0 Å². The molecule has 96 valence electrons. The molecule has 4 heteroatoms. The number of rotatable bonds is 7. The fraction of sp³-hybridized carbons (Fsp3) is 0.538. The Balaban J connectivity index is 2.29. The van der Waals surface area contributed by atoms with E-state index in [2.05, 4.69) is 5.32 Å². The van der Waals surface area contributed by atoms with E-state index in [1.807, 2.05) is 38.1 Å². The molecule has 0 amide bonds. The quantitative estimate of drug-likeness (QED) is 0.756. The molecular formula is C13H21NO3. The zero-order valence-electron chi connectivity index (χ0n) is 10.6. The third-order valence-corrected chi connectivity index (χ3v) is 2.26. The summed E-state index contributed by atoms with van der Waals surface area (Å²) in [5.74, 6) is 1.52. The highest BCUT2D eigenvalue weighted by Crippen LogP contribution is 2.16. The first kappa shape index (κ1) is 13.8. The number of ether oxygens (including phenoxy) is 2. The predicted octanol–water partition coefficient (Wildman–Crippen LogP) is 1.43. The number of aliphatic hydroxyl groups excluding tert-OH is 1. The van der Waals surface area contributed by atoms with Crippen molar-refractivity contribution >= 4 is 0 Å². The smallest absolute Gasteiger partial charge is 0.119 e. The molecule has 1 atom stereocenters. The van der Waals surface area contributed by atoms with Crippen LogP contribution in [0, 0.1) is 0 Å². The van der Waals surface area contributed by atoms with Crippen LogP contribution in [0.15, 0.2) is 24.3 Å². The van der Waals surface area contributed by atoms with Crippen LogP contribution in [0.5, 0.6) is 11.5 Å². The fourth-order valence-electron chi connectivity index (χ4n) is 1.30. The molecule has 0 aromatic heterocycles. The molecule has 0 aliphatic rings. The van der Waals surface area contributed by atoms with Crippen molar-refractivity contribution in [2.24, 2.45) is 0 Å². The third kappa shape index (κ3) is 5.56. The normalized spacial score (nSPS) is 12.5. The monoisotopic (exact) mass is 239 g/mol. The Morgan fingerprint density at radius 2 is 1.76 bits per heavy atom. The summed E-state index contributed by atoms with van der Waals surface area (Å²) in [5, 5.41) is 12.8. The Bertz CT molecular complexity index is 311. The van der Waals surface area contributed by atoms with Gasteiger partial charge in [0.1, 0.15) is 24.2 Å². The number of aliphatic hydroxyl groups is 1. The Kier molecular flexibility index (Phi) is 5.80. The fourth-order valence-corrected chi connectivity index (χ4v) is 1.30. The van der Waals surface area contributed by atoms with Crippen LogP contribution in [0.4, 0.5) is 0 Å². The molecule has 1 unspecified atom stereocenters. The van der Waals surface area contributed by atoms with Gasteiger partial charge in [-0.05, 0) is 24.3 Å². The van der Waals surface area contributed by atoms with E-state index in [1.165, 1.54) is 0 Å². The van der Waals surface area contributed by atoms with Gasteiger partial charge in [0.15, 0.2) is 0 Å². The summed E-state index contributed by atoms with van der Waals surface area (Å²) < 4.78 is 10.5. The molecule has 0 bridgehead atoms. The maximum absolute atomic E-state index is 9.65. The molecule has 1 rings (SSSR count). The van der Waals surface area contributed by atoms with E-state index >= 15 is 0 Å². The van der Waals surface area contributed by atoms with E-state index in [0.717, 1.165) is 11.5 Å². The van der Waals surface area contributed by atoms with Crippen molar-refractivity contribution in [2.75, 3.05) is 20.3 Å². The SMILES string of the molecule is COc1ccc(OCC(O)CNC(C)C)cc1. The zero-order valence-corrected chi connectivity index (χ0v) is 10.6. The lowest BCUT2D eigenvalue weighted by molar-refractivity contribution is 0.104. The van der Waals surface area contributed by atoms with Crippen molar-refractivity contribution in [3.8, 4) is 11.5 Å². The molecule has 17 heavy (non-hydrogen) atoms. The first-order valence-corrected chi connectivity index (χ1v) is 5.80. The minimum absolute atomic E-state index is 0.284. The van der Waals surface area contributed by atoms with Gasteiger partial charge in [-0.15, -0.1) is 0 Å². The highest BCUT2D eigenvalue weighted by Gasteiger charge is 2.05. The van der Waals surface area contributed by atoms with Crippen molar-refractivity contribution in [3.63, 3.8) is 0 Å². The molecule has 2 N–H and O–H groups in total. The van der Waals surface area contributed by atoms with Crippen molar-refractivity contribution in [2.45, 2.75) is 26.0 Å². The first-order valence-electron chi connectivity index (χ1n) is 5.80. The molecule has 0 heterocycles. The number of hydrogen-bond donors (Lipinski definition) is 2. The van der Waals surface area contributed by atoms with Crippen LogP contribution in [-0.2, 0) is 0 Å². The lowest BCUT2D eigenvalue weighted by Gasteiger charge is -2.15. The van der Waals surface area contributed by atoms with Gasteiger partial charge in [-0.3, -0.25) is 0 Å². The van der Waals surface area contributed by atoms with Gasteiger partial charge in [-0.25, -0.2) is 0 Å². The summed E-state index contributed by atoms with van der Waals surface area (Å²) in [7, 11) is 1.62. The van der Waals surface area contributed by atoms with Crippen LogP contribution < -0.4 is 14.8 Å². The van der Waals surface area contributed by atoms with Gasteiger partial charge in [0, 0.05) is 12.6 Å². The standard InChI is InChI=1S/C13H21NO3/c1-10(2)14-8-11(15)9-17-13-6-4-12(16-3)5-7-13/h4-7,10-11,14-15H,8-9H2,1-3H3. The van der Waals surface area contributed by atoms with Gasteiger partial charge < -0.3 is 19.9 Å². The van der Waals surface area contributed by atoms with Crippen molar-refractivity contribution in [1.82, 2.24) is 5.32 Å². The van der Waals surface area contributed by atoms with Crippen LogP contribution >= 0.6 is 0 Å². The summed E-state index contributed by atoms with van der Waals surface area (Å²) in [4.78, 5) is 0. The minimum atomic E-state index is -0.500. The summed E-state index contributed by atoms with van der Waals surface area (Å²) in [6.07, 6.45) is -0.500. The second kappa shape index (κ2) is 7.14. The minimum Gasteiger partial charge on any atom is -0.497 e. The molecule has 1 aromatic carbocycles. The van der Waals surface area contributed by atoms with Crippen molar-refractivity contribution in [3.05, 3.63) is 24.3 Å². The van der Waals surface area contributed by atoms with Gasteiger partial charge in [0.05, 0.1) is 7.11 Å². The van der Waals surface area contributed by atoms with Gasteiger partial charge in [0.25, 0.3) is 0 Å². The van der Waals surface area contributed by atoms with Crippen molar-refractivity contribution in [1.29, 1.82) is 0 Å². The highest BCUT2D eigenvalue weighted by molar-refractivity contribution is 5.31. The largest absolute Gasteiger partial charge is 0.497 e. The Morgan fingerprint density at radius 1 is 1.18 bits per heavy atom. The lowest BCUT2D eigenvalue weighted by Crippen LogP contribution is -2.35. The Hall–Kier alpha value is -1.26. The second-order valence-electron chi connectivity index (χ2n) is 4.20. The molecule has 4 nitrogen and oxygen atoms in total. The van der Waals surface area contributed by atoms with E-state index in [0.29, 0.717) is 12.6 Å². The average Bonchev–Trinajstić information content (AvgIpc) is 2.34. The van der Waals surface area contributed by atoms with E-state index in [-0.39, 0.29) is 6.61 Å². The maximum Gasteiger partial charge on any atom is 0.119 e. The lowest BCUT2D eigenvalue weighted by atomic mass is 10.3. The number of hydrogen-bond acceptors (Lipinski definition) is 4. The molecular weight excluding hydrogens is 218 g/mol. The van der Waals surface area contributed by atoms with E-state index in [9.17, 15) is 5.11 Å². The third-order valence-electron chi connectivity index (χ3n) is 2.26. The Morgan fingerprint density at radius 3 is 2.29 bits per heavy atom. The predicted molar refractivity (Wildman–Crippen MR) is 67.6 cm³/mol. The molecule has 0 spiro atoms. The first-order chi connectivity index (χ1) is 8.11. The molecule has 1 aromatic rings. The molecule has 0 saturated heterocycles. The number of methoxy groups -OCH3 is 1. The van der Waals surface area contributed by atoms with Gasteiger partial charge in [0.2, 0.25) is 0 Å². The zero-order chi connectivity index (χ0) is 12.7.